The van der Waals surface area contributed by atoms with Crippen molar-refractivity contribution >= 4 is 12.0 Å². The predicted molar refractivity (Wildman–Crippen MR) is 123 cm³/mol. The van der Waals surface area contributed by atoms with Gasteiger partial charge in [0.25, 0.3) is 0 Å². The van der Waals surface area contributed by atoms with E-state index in [1.165, 1.54) is 5.56 Å². The van der Waals surface area contributed by atoms with Gasteiger partial charge in [0.15, 0.2) is 0 Å². The molecule has 0 amide bonds. The van der Waals surface area contributed by atoms with Crippen molar-refractivity contribution in [3.63, 3.8) is 0 Å². The topological polar surface area (TPSA) is 34.1 Å². The standard InChI is InChI=1S/C25H34N2O2/c1-7-11-22(17-28-9-3)21-12-10-13-23(16-21)29-25-15-19(4)24(14-20(25)5)26-18-27(6)8-2/h7,10,12-16,18,22H,1,8-9,11,17H2,2-6H3. The number of aryl methyl sites for hydroxylation is 2. The molecule has 1 unspecified atom stereocenters. The molecule has 156 valence electrons. The molecule has 0 fully saturated rings. The fourth-order valence-corrected chi connectivity index (χ4v) is 2.99. The Bertz CT molecular complexity index is 830. The Morgan fingerprint density at radius 1 is 1.14 bits per heavy atom. The van der Waals surface area contributed by atoms with Gasteiger partial charge in [-0.1, -0.05) is 18.2 Å². The SMILES string of the molecule is C=CCC(COCC)c1cccc(Oc2cc(C)c(N=CN(C)CC)cc2C)c1. The first-order chi connectivity index (χ1) is 14.0. The van der Waals surface area contributed by atoms with Crippen molar-refractivity contribution in [3.05, 3.63) is 65.7 Å². The molecule has 0 aliphatic rings. The molecular formula is C25H34N2O2. The van der Waals surface area contributed by atoms with Gasteiger partial charge in [-0.15, -0.1) is 6.58 Å². The van der Waals surface area contributed by atoms with Crippen molar-refractivity contribution in [3.8, 4) is 11.5 Å². The number of hydrogen-bond donors (Lipinski definition) is 0. The van der Waals surface area contributed by atoms with Crippen LogP contribution in [0.5, 0.6) is 11.5 Å². The summed E-state index contributed by atoms with van der Waals surface area (Å²) in [6.45, 7) is 14.4. The molecule has 4 heteroatoms. The lowest BCUT2D eigenvalue weighted by molar-refractivity contribution is 0.132. The zero-order chi connectivity index (χ0) is 21.2. The highest BCUT2D eigenvalue weighted by Gasteiger charge is 2.12. The molecule has 29 heavy (non-hydrogen) atoms. The minimum atomic E-state index is 0.283. The Balaban J connectivity index is 2.22. The van der Waals surface area contributed by atoms with Gasteiger partial charge in [-0.05, 0) is 75.1 Å². The van der Waals surface area contributed by atoms with Crippen LogP contribution in [0, 0.1) is 13.8 Å². The number of hydrogen-bond acceptors (Lipinski definition) is 3. The Kier molecular flexibility index (Phi) is 8.94. The lowest BCUT2D eigenvalue weighted by Gasteiger charge is -2.17. The van der Waals surface area contributed by atoms with Gasteiger partial charge in [0.1, 0.15) is 11.5 Å². The van der Waals surface area contributed by atoms with Gasteiger partial charge >= 0.3 is 0 Å². The highest BCUT2D eigenvalue weighted by Crippen LogP contribution is 2.33. The number of rotatable bonds is 11. The lowest BCUT2D eigenvalue weighted by Crippen LogP contribution is -2.14. The van der Waals surface area contributed by atoms with E-state index in [0.717, 1.165) is 41.3 Å². The third kappa shape index (κ3) is 6.75. The van der Waals surface area contributed by atoms with Gasteiger partial charge in [0, 0.05) is 26.1 Å². The molecule has 0 aliphatic carbocycles. The number of benzene rings is 2. The summed E-state index contributed by atoms with van der Waals surface area (Å²) in [6.07, 6.45) is 4.68. The van der Waals surface area contributed by atoms with E-state index in [-0.39, 0.29) is 5.92 Å². The summed E-state index contributed by atoms with van der Waals surface area (Å²) in [4.78, 5) is 6.64. The molecule has 2 rings (SSSR count). The highest BCUT2D eigenvalue weighted by molar-refractivity contribution is 5.64. The molecule has 0 N–H and O–H groups in total. The summed E-state index contributed by atoms with van der Waals surface area (Å²) in [6, 6.07) is 12.4. The van der Waals surface area contributed by atoms with Gasteiger partial charge < -0.3 is 14.4 Å². The van der Waals surface area contributed by atoms with E-state index in [4.69, 9.17) is 9.47 Å². The van der Waals surface area contributed by atoms with Crippen LogP contribution in [0.1, 0.15) is 42.9 Å². The maximum atomic E-state index is 6.24. The fraction of sp³-hybridized carbons (Fsp3) is 0.400. The Labute approximate surface area is 175 Å². The first-order valence-corrected chi connectivity index (χ1v) is 10.3. The van der Waals surface area contributed by atoms with Crippen LogP contribution in [-0.2, 0) is 4.74 Å². The number of ether oxygens (including phenoxy) is 2. The normalized spacial score (nSPS) is 12.2. The highest BCUT2D eigenvalue weighted by atomic mass is 16.5. The summed E-state index contributed by atoms with van der Waals surface area (Å²) >= 11 is 0. The van der Waals surface area contributed by atoms with Crippen LogP contribution in [0.2, 0.25) is 0 Å². The third-order valence-electron chi connectivity index (χ3n) is 4.92. The lowest BCUT2D eigenvalue weighted by atomic mass is 9.96. The van der Waals surface area contributed by atoms with Gasteiger partial charge in [0.2, 0.25) is 0 Å². The second kappa shape index (κ2) is 11.4. The smallest absolute Gasteiger partial charge is 0.130 e. The minimum absolute atomic E-state index is 0.283. The molecule has 2 aromatic rings. The summed E-state index contributed by atoms with van der Waals surface area (Å²) in [7, 11) is 2.02. The van der Waals surface area contributed by atoms with Gasteiger partial charge in [-0.3, -0.25) is 0 Å². The van der Waals surface area contributed by atoms with Crippen LogP contribution in [0.4, 0.5) is 5.69 Å². The molecule has 0 saturated heterocycles. The maximum Gasteiger partial charge on any atom is 0.130 e. The Morgan fingerprint density at radius 3 is 2.62 bits per heavy atom. The first kappa shape index (κ1) is 22.7. The quantitative estimate of drug-likeness (QED) is 0.251. The van der Waals surface area contributed by atoms with Crippen molar-refractivity contribution in [1.29, 1.82) is 0 Å². The first-order valence-electron chi connectivity index (χ1n) is 10.3. The van der Waals surface area contributed by atoms with Crippen LogP contribution >= 0.6 is 0 Å². The zero-order valence-electron chi connectivity index (χ0n) is 18.4. The minimum Gasteiger partial charge on any atom is -0.457 e. The predicted octanol–water partition coefficient (Wildman–Crippen LogP) is 6.40. The number of nitrogens with zero attached hydrogens (tertiary/aromatic N) is 2. The monoisotopic (exact) mass is 394 g/mol. The van der Waals surface area contributed by atoms with Crippen molar-refractivity contribution in [2.75, 3.05) is 26.8 Å². The average molecular weight is 395 g/mol. The molecule has 4 nitrogen and oxygen atoms in total. The van der Waals surface area contributed by atoms with E-state index in [2.05, 4.69) is 56.6 Å². The largest absolute Gasteiger partial charge is 0.457 e. The van der Waals surface area contributed by atoms with E-state index in [0.29, 0.717) is 13.2 Å². The van der Waals surface area contributed by atoms with Crippen LogP contribution in [0.3, 0.4) is 0 Å². The number of aliphatic imine (C=N–C) groups is 1. The van der Waals surface area contributed by atoms with Crippen LogP contribution in [-0.4, -0.2) is 38.0 Å². The van der Waals surface area contributed by atoms with E-state index in [9.17, 15) is 0 Å². The second-order valence-corrected chi connectivity index (χ2v) is 7.28. The molecular weight excluding hydrogens is 360 g/mol. The maximum absolute atomic E-state index is 6.24. The van der Waals surface area contributed by atoms with E-state index >= 15 is 0 Å². The molecule has 0 aromatic heterocycles. The molecule has 0 radical (unpaired) electrons. The molecule has 0 aliphatic heterocycles. The summed E-state index contributed by atoms with van der Waals surface area (Å²) in [5.41, 5.74) is 4.31. The molecule has 1 atom stereocenters. The molecule has 2 aromatic carbocycles. The van der Waals surface area contributed by atoms with E-state index < -0.39 is 0 Å². The van der Waals surface area contributed by atoms with Crippen molar-refractivity contribution < 1.29 is 9.47 Å². The van der Waals surface area contributed by atoms with Crippen LogP contribution in [0.25, 0.3) is 0 Å². The van der Waals surface area contributed by atoms with Gasteiger partial charge in [0.05, 0.1) is 18.6 Å². The summed E-state index contributed by atoms with van der Waals surface area (Å²) in [5, 5.41) is 0. The Hall–Kier alpha value is -2.59. The average Bonchev–Trinajstić information content (AvgIpc) is 2.72. The van der Waals surface area contributed by atoms with Crippen molar-refractivity contribution in [2.24, 2.45) is 4.99 Å². The molecule has 0 bridgehead atoms. The zero-order valence-corrected chi connectivity index (χ0v) is 18.4. The molecule has 0 saturated carbocycles. The van der Waals surface area contributed by atoms with E-state index in [1.807, 2.05) is 43.4 Å². The molecule has 0 heterocycles. The van der Waals surface area contributed by atoms with E-state index in [1.54, 1.807) is 0 Å². The van der Waals surface area contributed by atoms with Crippen molar-refractivity contribution in [2.45, 2.75) is 40.0 Å². The van der Waals surface area contributed by atoms with Crippen molar-refractivity contribution in [1.82, 2.24) is 4.90 Å². The summed E-state index contributed by atoms with van der Waals surface area (Å²) in [5.74, 6) is 1.97. The van der Waals surface area contributed by atoms with Gasteiger partial charge in [-0.25, -0.2) is 4.99 Å². The molecule has 0 spiro atoms. The van der Waals surface area contributed by atoms with Gasteiger partial charge in [-0.2, -0.15) is 0 Å². The second-order valence-electron chi connectivity index (χ2n) is 7.28. The number of allylic oxidation sites excluding steroid dienone is 1. The third-order valence-corrected chi connectivity index (χ3v) is 4.92. The summed E-state index contributed by atoms with van der Waals surface area (Å²) < 4.78 is 11.9. The van der Waals surface area contributed by atoms with Crippen LogP contribution < -0.4 is 4.74 Å². The Morgan fingerprint density at radius 2 is 1.93 bits per heavy atom. The fourth-order valence-electron chi connectivity index (χ4n) is 2.99. The van der Waals surface area contributed by atoms with Crippen LogP contribution in [0.15, 0.2) is 54.0 Å².